The second-order valence-corrected chi connectivity index (χ2v) is 11.5. The van der Waals surface area contributed by atoms with E-state index < -0.39 is 17.3 Å². The molecule has 1 aromatic heterocycles. The standard InChI is InChI=1S/C24H27ClF3N7O2S/c1-22(2,3)37-21(36)35-11-23(4,12-35)34-38-15-7-5-13(6-8-15)18-16(24(26,27)28)9-14(10-17(18)25)30-20-31-19(29)32-33-20/h5-10,34H,11-12H2,1-4H3,(H4,29,30,31,32,33). The molecule has 0 saturated carbocycles. The molecule has 204 valence electrons. The summed E-state index contributed by atoms with van der Waals surface area (Å²) in [7, 11) is 0. The number of alkyl halides is 3. The maximum absolute atomic E-state index is 14.0. The lowest BCUT2D eigenvalue weighted by Gasteiger charge is -2.47. The van der Waals surface area contributed by atoms with E-state index in [9.17, 15) is 18.0 Å². The molecule has 0 spiro atoms. The van der Waals surface area contributed by atoms with Crippen molar-refractivity contribution >= 4 is 47.2 Å². The SMILES string of the molecule is CC1(NSc2ccc(-c3c(Cl)cc(Nc4n[nH]c(N)n4)cc3C(F)(F)F)cc2)CN(C(=O)OC(C)(C)C)C1. The number of nitrogens with zero attached hydrogens (tertiary/aromatic N) is 3. The van der Waals surface area contributed by atoms with Crippen LogP contribution in [0.3, 0.4) is 0 Å². The molecule has 1 aliphatic rings. The van der Waals surface area contributed by atoms with Crippen LogP contribution in [0.1, 0.15) is 33.3 Å². The molecule has 5 N–H and O–H groups in total. The number of nitrogens with two attached hydrogens (primary N) is 1. The third-order valence-electron chi connectivity index (χ3n) is 5.44. The van der Waals surface area contributed by atoms with Gasteiger partial charge in [-0.3, -0.25) is 4.72 Å². The second kappa shape index (κ2) is 10.2. The molecule has 1 aliphatic heterocycles. The van der Waals surface area contributed by atoms with Crippen LogP contribution in [0.2, 0.25) is 5.02 Å². The number of nitrogen functional groups attached to an aromatic ring is 1. The fourth-order valence-corrected chi connectivity index (χ4v) is 4.94. The molecular weight excluding hydrogens is 543 g/mol. The lowest BCUT2D eigenvalue weighted by molar-refractivity contribution is -0.137. The van der Waals surface area contributed by atoms with Crippen molar-refractivity contribution in [2.24, 2.45) is 0 Å². The summed E-state index contributed by atoms with van der Waals surface area (Å²) in [4.78, 5) is 18.4. The first kappa shape index (κ1) is 27.9. The molecule has 1 fully saturated rings. The van der Waals surface area contributed by atoms with Crippen LogP contribution in [0.25, 0.3) is 11.1 Å². The van der Waals surface area contributed by atoms with Gasteiger partial charge in [0.2, 0.25) is 11.9 Å². The Labute approximate surface area is 226 Å². The molecule has 0 aliphatic carbocycles. The number of anilines is 3. The van der Waals surface area contributed by atoms with E-state index in [0.717, 1.165) is 11.0 Å². The molecule has 9 nitrogen and oxygen atoms in total. The fraction of sp³-hybridized carbons (Fsp3) is 0.375. The van der Waals surface area contributed by atoms with Gasteiger partial charge < -0.3 is 20.7 Å². The number of nitrogens with one attached hydrogen (secondary N) is 3. The molecule has 1 saturated heterocycles. The first-order chi connectivity index (χ1) is 17.6. The summed E-state index contributed by atoms with van der Waals surface area (Å²) in [5, 5.41) is 8.74. The topological polar surface area (TPSA) is 121 Å². The molecule has 14 heteroatoms. The molecule has 38 heavy (non-hydrogen) atoms. The largest absolute Gasteiger partial charge is 0.444 e. The Morgan fingerprint density at radius 2 is 1.87 bits per heavy atom. The Morgan fingerprint density at radius 3 is 2.42 bits per heavy atom. The van der Waals surface area contributed by atoms with Crippen molar-refractivity contribution in [1.29, 1.82) is 0 Å². The van der Waals surface area contributed by atoms with E-state index in [4.69, 9.17) is 22.1 Å². The third kappa shape index (κ3) is 6.63. The number of ether oxygens (including phenoxy) is 1. The zero-order valence-corrected chi connectivity index (χ0v) is 22.6. The van der Waals surface area contributed by atoms with E-state index in [1.165, 1.54) is 18.0 Å². The number of likely N-dealkylation sites (tertiary alicyclic amines) is 1. The van der Waals surface area contributed by atoms with E-state index in [0.29, 0.717) is 18.7 Å². The van der Waals surface area contributed by atoms with E-state index in [1.54, 1.807) is 29.2 Å². The molecule has 0 unspecified atom stereocenters. The highest BCUT2D eigenvalue weighted by molar-refractivity contribution is 7.97. The highest BCUT2D eigenvalue weighted by atomic mass is 35.5. The lowest BCUT2D eigenvalue weighted by atomic mass is 9.94. The van der Waals surface area contributed by atoms with Gasteiger partial charge in [-0.2, -0.15) is 18.2 Å². The molecule has 4 rings (SSSR count). The minimum atomic E-state index is -4.66. The Hall–Kier alpha value is -3.16. The van der Waals surface area contributed by atoms with Crippen LogP contribution in [0, 0.1) is 0 Å². The summed E-state index contributed by atoms with van der Waals surface area (Å²) in [6.07, 6.45) is -5.03. The second-order valence-electron chi connectivity index (χ2n) is 10.2. The number of amides is 1. The zero-order valence-electron chi connectivity index (χ0n) is 21.0. The van der Waals surface area contributed by atoms with Gasteiger partial charge in [0.1, 0.15) is 5.60 Å². The molecule has 2 aromatic carbocycles. The van der Waals surface area contributed by atoms with Crippen LogP contribution < -0.4 is 15.8 Å². The van der Waals surface area contributed by atoms with Gasteiger partial charge >= 0.3 is 12.3 Å². The van der Waals surface area contributed by atoms with Crippen LogP contribution >= 0.6 is 23.5 Å². The number of benzene rings is 2. The Bertz CT molecular complexity index is 1320. The first-order valence-electron chi connectivity index (χ1n) is 11.5. The lowest BCUT2D eigenvalue weighted by Crippen LogP contribution is -2.67. The van der Waals surface area contributed by atoms with Crippen LogP contribution in [0.5, 0.6) is 0 Å². The number of hydrogen-bond acceptors (Lipinski definition) is 8. The van der Waals surface area contributed by atoms with Gasteiger partial charge in [-0.15, -0.1) is 5.10 Å². The number of aromatic amines is 1. The average Bonchev–Trinajstić information content (AvgIpc) is 3.18. The normalized spacial score (nSPS) is 15.2. The van der Waals surface area contributed by atoms with Gasteiger partial charge in [0.25, 0.3) is 0 Å². The van der Waals surface area contributed by atoms with Crippen LogP contribution in [0.4, 0.5) is 35.5 Å². The number of rotatable bonds is 6. The van der Waals surface area contributed by atoms with Gasteiger partial charge in [-0.05, 0) is 69.5 Å². The number of carbonyl (C=O) groups excluding carboxylic acids is 1. The summed E-state index contributed by atoms with van der Waals surface area (Å²) < 4.78 is 50.7. The fourth-order valence-electron chi connectivity index (χ4n) is 3.84. The molecule has 0 bridgehead atoms. The number of H-pyrrole nitrogens is 1. The summed E-state index contributed by atoms with van der Waals surface area (Å²) in [5.74, 6) is 0.0353. The van der Waals surface area contributed by atoms with Crippen LogP contribution in [-0.2, 0) is 10.9 Å². The van der Waals surface area contributed by atoms with E-state index in [-0.39, 0.29) is 39.8 Å². The first-order valence-corrected chi connectivity index (χ1v) is 12.7. The maximum atomic E-state index is 14.0. The van der Waals surface area contributed by atoms with Gasteiger partial charge in [-0.25, -0.2) is 9.89 Å². The minimum absolute atomic E-state index is 0.0164. The average molecular weight is 570 g/mol. The Kier molecular flexibility index (Phi) is 7.47. The molecule has 1 amide bonds. The van der Waals surface area contributed by atoms with E-state index in [2.05, 4.69) is 25.2 Å². The molecule has 2 heterocycles. The van der Waals surface area contributed by atoms with Crippen LogP contribution in [0.15, 0.2) is 41.3 Å². The van der Waals surface area contributed by atoms with Crippen molar-refractivity contribution in [2.75, 3.05) is 24.1 Å². The van der Waals surface area contributed by atoms with Crippen LogP contribution in [-0.4, -0.2) is 50.4 Å². The highest BCUT2D eigenvalue weighted by Crippen LogP contribution is 2.43. The van der Waals surface area contributed by atoms with Crippen molar-refractivity contribution < 1.29 is 22.7 Å². The number of hydrogen-bond donors (Lipinski definition) is 4. The molecule has 3 aromatic rings. The molecular formula is C24H27ClF3N7O2S. The minimum Gasteiger partial charge on any atom is -0.444 e. The molecule has 0 atom stereocenters. The van der Waals surface area contributed by atoms with Crippen molar-refractivity contribution in [3.8, 4) is 11.1 Å². The van der Waals surface area contributed by atoms with Crippen molar-refractivity contribution in [3.05, 3.63) is 47.0 Å². The molecule has 0 radical (unpaired) electrons. The van der Waals surface area contributed by atoms with Crippen molar-refractivity contribution in [3.63, 3.8) is 0 Å². The predicted molar refractivity (Wildman–Crippen MR) is 141 cm³/mol. The summed E-state index contributed by atoms with van der Waals surface area (Å²) in [6, 6.07) is 8.90. The zero-order chi connectivity index (χ0) is 27.9. The Balaban J connectivity index is 1.45. The van der Waals surface area contributed by atoms with E-state index in [1.807, 2.05) is 27.7 Å². The smallest absolute Gasteiger partial charge is 0.417 e. The summed E-state index contributed by atoms with van der Waals surface area (Å²) >= 11 is 7.67. The van der Waals surface area contributed by atoms with Crippen molar-refractivity contribution in [1.82, 2.24) is 24.8 Å². The maximum Gasteiger partial charge on any atom is 0.417 e. The van der Waals surface area contributed by atoms with Crippen molar-refractivity contribution in [2.45, 2.75) is 49.9 Å². The summed E-state index contributed by atoms with van der Waals surface area (Å²) in [5.41, 5.74) is 3.91. The van der Waals surface area contributed by atoms with Gasteiger partial charge in [0.15, 0.2) is 0 Å². The quantitative estimate of drug-likeness (QED) is 0.264. The van der Waals surface area contributed by atoms with Gasteiger partial charge in [0, 0.05) is 29.2 Å². The Morgan fingerprint density at radius 1 is 1.21 bits per heavy atom. The number of halogens is 4. The highest BCUT2D eigenvalue weighted by Gasteiger charge is 2.43. The van der Waals surface area contributed by atoms with E-state index >= 15 is 0 Å². The summed E-state index contributed by atoms with van der Waals surface area (Å²) in [6.45, 7) is 8.36. The van der Waals surface area contributed by atoms with Gasteiger partial charge in [0.05, 0.1) is 16.1 Å². The monoisotopic (exact) mass is 569 g/mol. The predicted octanol–water partition coefficient (Wildman–Crippen LogP) is 6.08. The number of aromatic nitrogens is 3. The number of carbonyl (C=O) groups is 1. The van der Waals surface area contributed by atoms with Gasteiger partial charge in [-0.1, -0.05) is 23.7 Å². The third-order valence-corrected chi connectivity index (χ3v) is 6.84.